The minimum atomic E-state index is -0.783. The first-order valence-electron chi connectivity index (χ1n) is 24.5. The average Bonchev–Trinajstić information content (AvgIpc) is 3.21. The van der Waals surface area contributed by atoms with Crippen LogP contribution in [0.25, 0.3) is 0 Å². The molecule has 6 nitrogen and oxygen atoms in total. The molecule has 0 N–H and O–H groups in total. The van der Waals surface area contributed by atoms with Crippen molar-refractivity contribution >= 4 is 17.9 Å². The van der Waals surface area contributed by atoms with Crippen LogP contribution in [0.3, 0.4) is 0 Å². The monoisotopic (exact) mass is 801 g/mol. The quantitative estimate of drug-likeness (QED) is 0.0264. The lowest BCUT2D eigenvalue weighted by atomic mass is 10.1. The van der Waals surface area contributed by atoms with Gasteiger partial charge in [0.2, 0.25) is 0 Å². The molecule has 0 aromatic rings. The Morgan fingerprint density at radius 2 is 0.596 bits per heavy atom. The van der Waals surface area contributed by atoms with Gasteiger partial charge in [0.1, 0.15) is 13.2 Å². The number of rotatable bonds is 44. The summed E-state index contributed by atoms with van der Waals surface area (Å²) in [5.74, 6) is -0.925. The SMILES string of the molecule is CCCCCC/C=C\CCCCCCCCCC(=O)OCC(COC(=O)CCC/C=C\CCCCCC)OC(=O)CCCCCCCCC/C=C\CCCCCC. The topological polar surface area (TPSA) is 78.9 Å². The van der Waals surface area contributed by atoms with Gasteiger partial charge in [-0.25, -0.2) is 0 Å². The molecule has 0 aromatic carbocycles. The van der Waals surface area contributed by atoms with Crippen LogP contribution in [0.5, 0.6) is 0 Å². The van der Waals surface area contributed by atoms with Crippen LogP contribution in [-0.4, -0.2) is 37.2 Å². The molecule has 0 aliphatic heterocycles. The molecule has 0 saturated carbocycles. The molecule has 0 fully saturated rings. The van der Waals surface area contributed by atoms with Crippen LogP contribution < -0.4 is 0 Å². The predicted molar refractivity (Wildman–Crippen MR) is 242 cm³/mol. The van der Waals surface area contributed by atoms with Crippen LogP contribution in [0.15, 0.2) is 36.5 Å². The summed E-state index contributed by atoms with van der Waals surface area (Å²) in [6, 6.07) is 0. The third-order valence-electron chi connectivity index (χ3n) is 10.6. The van der Waals surface area contributed by atoms with Crippen molar-refractivity contribution in [2.24, 2.45) is 0 Å². The summed E-state index contributed by atoms with van der Waals surface area (Å²) in [6.07, 6.45) is 52.7. The van der Waals surface area contributed by atoms with Crippen LogP contribution in [0.1, 0.15) is 252 Å². The van der Waals surface area contributed by atoms with Crippen molar-refractivity contribution in [2.75, 3.05) is 13.2 Å². The van der Waals surface area contributed by atoms with Gasteiger partial charge in [0, 0.05) is 19.3 Å². The third-order valence-corrected chi connectivity index (χ3v) is 10.6. The van der Waals surface area contributed by atoms with Crippen LogP contribution in [0, 0.1) is 0 Å². The molecule has 0 spiro atoms. The minimum absolute atomic E-state index is 0.0835. The molecular weight excluding hydrogens is 709 g/mol. The zero-order valence-electron chi connectivity index (χ0n) is 37.9. The third kappa shape index (κ3) is 44.6. The van der Waals surface area contributed by atoms with Gasteiger partial charge in [0.25, 0.3) is 0 Å². The lowest BCUT2D eigenvalue weighted by Gasteiger charge is -2.18. The van der Waals surface area contributed by atoms with Crippen molar-refractivity contribution in [3.8, 4) is 0 Å². The number of carbonyl (C=O) groups is 3. The van der Waals surface area contributed by atoms with E-state index in [1.54, 1.807) is 0 Å². The number of carbonyl (C=O) groups excluding carboxylic acids is 3. The second kappa shape index (κ2) is 46.3. The number of esters is 3. The van der Waals surface area contributed by atoms with Gasteiger partial charge < -0.3 is 14.2 Å². The molecule has 57 heavy (non-hydrogen) atoms. The van der Waals surface area contributed by atoms with Gasteiger partial charge in [-0.15, -0.1) is 0 Å². The maximum atomic E-state index is 12.7. The Morgan fingerprint density at radius 3 is 0.947 bits per heavy atom. The fourth-order valence-corrected chi connectivity index (χ4v) is 6.85. The lowest BCUT2D eigenvalue weighted by molar-refractivity contribution is -0.167. The maximum Gasteiger partial charge on any atom is 0.306 e. The Kier molecular flexibility index (Phi) is 44.4. The van der Waals surface area contributed by atoms with E-state index in [9.17, 15) is 14.4 Å². The van der Waals surface area contributed by atoms with Gasteiger partial charge in [-0.2, -0.15) is 0 Å². The van der Waals surface area contributed by atoms with Crippen molar-refractivity contribution in [3.05, 3.63) is 36.5 Å². The molecule has 0 aromatic heterocycles. The smallest absolute Gasteiger partial charge is 0.306 e. The van der Waals surface area contributed by atoms with Gasteiger partial charge in [-0.05, 0) is 89.9 Å². The molecule has 0 bridgehead atoms. The Morgan fingerprint density at radius 1 is 0.333 bits per heavy atom. The summed E-state index contributed by atoms with van der Waals surface area (Å²) in [5.41, 5.74) is 0. The van der Waals surface area contributed by atoms with Gasteiger partial charge in [0.15, 0.2) is 6.10 Å². The largest absolute Gasteiger partial charge is 0.462 e. The molecular formula is C51H92O6. The number of allylic oxidation sites excluding steroid dienone is 6. The molecule has 0 rings (SSSR count). The Labute approximate surface area is 353 Å². The summed E-state index contributed by atoms with van der Waals surface area (Å²) in [5, 5.41) is 0. The van der Waals surface area contributed by atoms with E-state index >= 15 is 0 Å². The van der Waals surface area contributed by atoms with E-state index in [0.29, 0.717) is 19.3 Å². The van der Waals surface area contributed by atoms with E-state index in [-0.39, 0.29) is 31.1 Å². The summed E-state index contributed by atoms with van der Waals surface area (Å²) >= 11 is 0. The normalized spacial score (nSPS) is 12.3. The summed E-state index contributed by atoms with van der Waals surface area (Å²) in [7, 11) is 0. The van der Waals surface area contributed by atoms with E-state index < -0.39 is 6.10 Å². The fourth-order valence-electron chi connectivity index (χ4n) is 6.85. The van der Waals surface area contributed by atoms with Gasteiger partial charge >= 0.3 is 17.9 Å². The molecule has 1 unspecified atom stereocenters. The van der Waals surface area contributed by atoms with Crippen molar-refractivity contribution in [2.45, 2.75) is 258 Å². The highest BCUT2D eigenvalue weighted by molar-refractivity contribution is 5.71. The molecule has 0 amide bonds. The second-order valence-corrected chi connectivity index (χ2v) is 16.4. The van der Waals surface area contributed by atoms with E-state index in [1.165, 1.54) is 154 Å². The van der Waals surface area contributed by atoms with E-state index in [4.69, 9.17) is 14.2 Å². The molecule has 0 saturated heterocycles. The highest BCUT2D eigenvalue weighted by atomic mass is 16.6. The molecule has 332 valence electrons. The van der Waals surface area contributed by atoms with Crippen molar-refractivity contribution in [1.82, 2.24) is 0 Å². The standard InChI is InChI=1S/C51H92O6/c1-4-7-10-13-16-19-21-23-25-27-29-32-35-38-41-44-50(53)56-47-48(46-55-49(52)43-40-37-34-31-18-15-12-9-6-3)57-51(54)45-42-39-36-33-30-28-26-24-22-20-17-14-11-8-5-2/h19-22,31,34,48H,4-18,23-30,32-33,35-47H2,1-3H3/b21-19-,22-20-,34-31-. The number of ether oxygens (including phenoxy) is 3. The number of hydrogen-bond acceptors (Lipinski definition) is 6. The number of unbranched alkanes of at least 4 members (excludes halogenated alkanes) is 27. The van der Waals surface area contributed by atoms with Gasteiger partial charge in [-0.1, -0.05) is 179 Å². The lowest BCUT2D eigenvalue weighted by Crippen LogP contribution is -2.30. The maximum absolute atomic E-state index is 12.7. The first-order chi connectivity index (χ1) is 28.0. The first-order valence-corrected chi connectivity index (χ1v) is 24.5. The highest BCUT2D eigenvalue weighted by Gasteiger charge is 2.19. The first kappa shape index (κ1) is 54.6. The highest BCUT2D eigenvalue weighted by Crippen LogP contribution is 2.14. The average molecular weight is 801 g/mol. The van der Waals surface area contributed by atoms with Crippen molar-refractivity contribution < 1.29 is 28.6 Å². The molecule has 0 heterocycles. The van der Waals surface area contributed by atoms with E-state index in [0.717, 1.165) is 57.8 Å². The molecule has 0 radical (unpaired) electrons. The Hall–Kier alpha value is -2.37. The summed E-state index contributed by atoms with van der Waals surface area (Å²) in [4.78, 5) is 37.8. The molecule has 1 atom stereocenters. The van der Waals surface area contributed by atoms with E-state index in [2.05, 4.69) is 57.2 Å². The van der Waals surface area contributed by atoms with Gasteiger partial charge in [0.05, 0.1) is 0 Å². The predicted octanol–water partition coefficient (Wildman–Crippen LogP) is 15.8. The van der Waals surface area contributed by atoms with Crippen molar-refractivity contribution in [3.63, 3.8) is 0 Å². The minimum Gasteiger partial charge on any atom is -0.462 e. The van der Waals surface area contributed by atoms with Crippen molar-refractivity contribution in [1.29, 1.82) is 0 Å². The molecule has 0 aliphatic carbocycles. The zero-order valence-corrected chi connectivity index (χ0v) is 37.9. The zero-order chi connectivity index (χ0) is 41.5. The van der Waals surface area contributed by atoms with Crippen LogP contribution in [0.4, 0.5) is 0 Å². The van der Waals surface area contributed by atoms with Crippen LogP contribution in [-0.2, 0) is 28.6 Å². The van der Waals surface area contributed by atoms with Gasteiger partial charge in [-0.3, -0.25) is 14.4 Å². The molecule has 0 aliphatic rings. The second-order valence-electron chi connectivity index (χ2n) is 16.4. The van der Waals surface area contributed by atoms with Crippen LogP contribution >= 0.6 is 0 Å². The van der Waals surface area contributed by atoms with E-state index in [1.807, 2.05) is 0 Å². The fraction of sp³-hybridized carbons (Fsp3) is 0.824. The Bertz CT molecular complexity index is 969. The summed E-state index contributed by atoms with van der Waals surface area (Å²) in [6.45, 7) is 6.55. The summed E-state index contributed by atoms with van der Waals surface area (Å²) < 4.78 is 16.7. The molecule has 6 heteroatoms. The Balaban J connectivity index is 4.35. The van der Waals surface area contributed by atoms with Crippen LogP contribution in [0.2, 0.25) is 0 Å². The number of hydrogen-bond donors (Lipinski definition) is 0.